The number of terminal acetylenes is 1. The molecule has 0 aliphatic carbocycles. The third-order valence-electron chi connectivity index (χ3n) is 1.57. The van der Waals surface area contributed by atoms with Crippen molar-refractivity contribution in [1.82, 2.24) is 4.98 Å². The zero-order chi connectivity index (χ0) is 9.14. The third kappa shape index (κ3) is 1.91. The van der Waals surface area contributed by atoms with Gasteiger partial charge in [0, 0.05) is 22.7 Å². The van der Waals surface area contributed by atoms with Crippen molar-refractivity contribution in [3.05, 3.63) is 28.0 Å². The number of rotatable bonds is 1. The maximum atomic E-state index is 5.88. The monoisotopic (exact) mass is 199 g/mol. The molecule has 1 atom stereocenters. The first-order chi connectivity index (χ1) is 5.65. The molecular formula is C9H7Cl2N. The molecule has 1 rings (SSSR count). The Balaban J connectivity index is 3.11. The number of hydrogen-bond donors (Lipinski definition) is 0. The van der Waals surface area contributed by atoms with Crippen LogP contribution in [0.15, 0.2) is 12.3 Å². The highest BCUT2D eigenvalue weighted by molar-refractivity contribution is 6.34. The summed E-state index contributed by atoms with van der Waals surface area (Å²) < 4.78 is 0. The zero-order valence-corrected chi connectivity index (χ0v) is 8.02. The van der Waals surface area contributed by atoms with Crippen LogP contribution in [0.2, 0.25) is 10.2 Å². The first-order valence-corrected chi connectivity index (χ1v) is 4.18. The minimum Gasteiger partial charge on any atom is -0.244 e. The van der Waals surface area contributed by atoms with E-state index in [-0.39, 0.29) is 5.92 Å². The van der Waals surface area contributed by atoms with E-state index in [1.807, 2.05) is 6.92 Å². The highest BCUT2D eigenvalue weighted by Crippen LogP contribution is 2.24. The van der Waals surface area contributed by atoms with E-state index >= 15 is 0 Å². The van der Waals surface area contributed by atoms with Gasteiger partial charge in [-0.3, -0.25) is 0 Å². The topological polar surface area (TPSA) is 12.9 Å². The lowest BCUT2D eigenvalue weighted by Gasteiger charge is -2.05. The first kappa shape index (κ1) is 9.38. The second-order valence-electron chi connectivity index (χ2n) is 2.42. The summed E-state index contributed by atoms with van der Waals surface area (Å²) >= 11 is 11.5. The van der Waals surface area contributed by atoms with Gasteiger partial charge in [-0.1, -0.05) is 29.1 Å². The van der Waals surface area contributed by atoms with Gasteiger partial charge < -0.3 is 0 Å². The van der Waals surface area contributed by atoms with Crippen molar-refractivity contribution in [3.63, 3.8) is 0 Å². The molecule has 3 heteroatoms. The van der Waals surface area contributed by atoms with Crippen molar-refractivity contribution in [3.8, 4) is 12.3 Å². The van der Waals surface area contributed by atoms with Crippen molar-refractivity contribution in [1.29, 1.82) is 0 Å². The average Bonchev–Trinajstić information content (AvgIpc) is 2.03. The predicted octanol–water partition coefficient (Wildman–Crippen LogP) is 3.13. The molecule has 12 heavy (non-hydrogen) atoms. The Morgan fingerprint density at radius 1 is 1.58 bits per heavy atom. The molecule has 1 aromatic rings. The highest BCUT2D eigenvalue weighted by atomic mass is 35.5. The van der Waals surface area contributed by atoms with Crippen LogP contribution in [0.1, 0.15) is 18.4 Å². The highest BCUT2D eigenvalue weighted by Gasteiger charge is 2.07. The van der Waals surface area contributed by atoms with Crippen LogP contribution in [-0.2, 0) is 0 Å². The van der Waals surface area contributed by atoms with Crippen molar-refractivity contribution in [2.75, 3.05) is 0 Å². The summed E-state index contributed by atoms with van der Waals surface area (Å²) in [6, 6.07) is 1.59. The first-order valence-electron chi connectivity index (χ1n) is 3.42. The third-order valence-corrected chi connectivity index (χ3v) is 2.10. The summed E-state index contributed by atoms with van der Waals surface area (Å²) in [4.78, 5) is 3.89. The average molecular weight is 200 g/mol. The Morgan fingerprint density at radius 3 is 2.75 bits per heavy atom. The Hall–Kier alpha value is -0.710. The molecule has 1 unspecified atom stereocenters. The fourth-order valence-corrected chi connectivity index (χ4v) is 1.36. The molecular weight excluding hydrogens is 193 g/mol. The van der Waals surface area contributed by atoms with Crippen molar-refractivity contribution in [2.45, 2.75) is 12.8 Å². The predicted molar refractivity (Wildman–Crippen MR) is 51.5 cm³/mol. The summed E-state index contributed by atoms with van der Waals surface area (Å²) in [6.07, 6.45) is 6.85. The molecule has 0 aromatic carbocycles. The van der Waals surface area contributed by atoms with E-state index in [2.05, 4.69) is 10.9 Å². The van der Waals surface area contributed by atoms with E-state index in [1.165, 1.54) is 0 Å². The molecule has 1 nitrogen and oxygen atoms in total. The smallest absolute Gasteiger partial charge is 0.130 e. The van der Waals surface area contributed by atoms with E-state index in [9.17, 15) is 0 Å². The van der Waals surface area contributed by atoms with Crippen LogP contribution in [0.5, 0.6) is 0 Å². The Morgan fingerprint density at radius 2 is 2.25 bits per heavy atom. The summed E-state index contributed by atoms with van der Waals surface area (Å²) in [7, 11) is 0. The number of nitrogens with zero attached hydrogens (tertiary/aromatic N) is 1. The van der Waals surface area contributed by atoms with Gasteiger partial charge in [-0.05, 0) is 13.0 Å². The molecule has 0 saturated heterocycles. The van der Waals surface area contributed by atoms with E-state index in [0.717, 1.165) is 5.56 Å². The number of hydrogen-bond acceptors (Lipinski definition) is 1. The van der Waals surface area contributed by atoms with Gasteiger partial charge in [-0.25, -0.2) is 4.98 Å². The minimum atomic E-state index is -0.0257. The van der Waals surface area contributed by atoms with Gasteiger partial charge in [-0.15, -0.1) is 6.42 Å². The summed E-state index contributed by atoms with van der Waals surface area (Å²) in [5, 5.41) is 0.952. The van der Waals surface area contributed by atoms with Gasteiger partial charge in [0.2, 0.25) is 0 Å². The molecule has 1 heterocycles. The van der Waals surface area contributed by atoms with Crippen LogP contribution >= 0.6 is 23.2 Å². The second kappa shape index (κ2) is 3.80. The van der Waals surface area contributed by atoms with E-state index in [1.54, 1.807) is 12.3 Å². The molecule has 0 aliphatic heterocycles. The van der Waals surface area contributed by atoms with Crippen LogP contribution in [0.4, 0.5) is 0 Å². The van der Waals surface area contributed by atoms with E-state index < -0.39 is 0 Å². The largest absolute Gasteiger partial charge is 0.244 e. The number of aromatic nitrogens is 1. The summed E-state index contributed by atoms with van der Waals surface area (Å²) in [5.74, 6) is 2.55. The standard InChI is InChI=1S/C9H7Cl2N/c1-3-6(2)7-5-12-9(11)4-8(7)10/h1,4-6H,2H3. The SMILES string of the molecule is C#CC(C)c1cnc(Cl)cc1Cl. The molecule has 0 aliphatic rings. The fraction of sp³-hybridized carbons (Fsp3) is 0.222. The minimum absolute atomic E-state index is 0.0257. The van der Waals surface area contributed by atoms with Crippen LogP contribution in [0.3, 0.4) is 0 Å². The van der Waals surface area contributed by atoms with Gasteiger partial charge >= 0.3 is 0 Å². The molecule has 62 valence electrons. The molecule has 0 bridgehead atoms. The van der Waals surface area contributed by atoms with E-state index in [0.29, 0.717) is 10.2 Å². The Bertz CT molecular complexity index is 328. The number of pyridine rings is 1. The Kier molecular flexibility index (Phi) is 2.97. The fourth-order valence-electron chi connectivity index (χ4n) is 0.826. The number of halogens is 2. The molecule has 0 radical (unpaired) electrons. The molecule has 0 saturated carbocycles. The Labute approximate surface area is 81.7 Å². The van der Waals surface area contributed by atoms with Gasteiger partial charge in [-0.2, -0.15) is 0 Å². The van der Waals surface area contributed by atoms with Crippen molar-refractivity contribution < 1.29 is 0 Å². The van der Waals surface area contributed by atoms with Crippen LogP contribution in [0, 0.1) is 12.3 Å². The van der Waals surface area contributed by atoms with Crippen LogP contribution in [-0.4, -0.2) is 4.98 Å². The normalized spacial score (nSPS) is 12.2. The lowest BCUT2D eigenvalue weighted by molar-refractivity contribution is 0.989. The quantitative estimate of drug-likeness (QED) is 0.501. The maximum absolute atomic E-state index is 5.88. The molecule has 0 N–H and O–H groups in total. The summed E-state index contributed by atoms with van der Waals surface area (Å²) in [6.45, 7) is 1.89. The maximum Gasteiger partial charge on any atom is 0.130 e. The summed E-state index contributed by atoms with van der Waals surface area (Å²) in [5.41, 5.74) is 0.837. The van der Waals surface area contributed by atoms with Crippen LogP contribution in [0.25, 0.3) is 0 Å². The van der Waals surface area contributed by atoms with Crippen molar-refractivity contribution in [2.24, 2.45) is 0 Å². The molecule has 0 spiro atoms. The molecule has 1 aromatic heterocycles. The lowest BCUT2D eigenvalue weighted by Crippen LogP contribution is -1.92. The molecule has 0 fully saturated rings. The van der Waals surface area contributed by atoms with Crippen LogP contribution < -0.4 is 0 Å². The van der Waals surface area contributed by atoms with Gasteiger partial charge in [0.1, 0.15) is 5.15 Å². The molecule has 0 amide bonds. The second-order valence-corrected chi connectivity index (χ2v) is 3.21. The van der Waals surface area contributed by atoms with Gasteiger partial charge in [0.05, 0.1) is 0 Å². The van der Waals surface area contributed by atoms with Crippen molar-refractivity contribution >= 4 is 23.2 Å². The zero-order valence-electron chi connectivity index (χ0n) is 6.51. The van der Waals surface area contributed by atoms with E-state index in [4.69, 9.17) is 29.6 Å². The lowest BCUT2D eigenvalue weighted by atomic mass is 10.1. The van der Waals surface area contributed by atoms with Gasteiger partial charge in [0.15, 0.2) is 0 Å². The van der Waals surface area contributed by atoms with Gasteiger partial charge in [0.25, 0.3) is 0 Å².